The number of nitro groups is 1. The number of benzene rings is 1. The number of aryl methyl sites for hydroxylation is 2. The monoisotopic (exact) mass is 414 g/mol. The number of nitro benzene ring substituents is 1. The number of nitrogens with zero attached hydrogens (tertiary/aromatic N) is 2. The Morgan fingerprint density at radius 2 is 2.10 bits per heavy atom. The van der Waals surface area contributed by atoms with Crippen molar-refractivity contribution in [1.29, 1.82) is 0 Å². The number of H-pyrrole nitrogens is 1. The molecule has 0 spiro atoms. The highest BCUT2D eigenvalue weighted by molar-refractivity contribution is 7.18. The topological polar surface area (TPSA) is 138 Å². The molecule has 0 bridgehead atoms. The summed E-state index contributed by atoms with van der Waals surface area (Å²) in [7, 11) is 0. The molecule has 0 aliphatic carbocycles. The number of carbonyl (C=O) groups excluding carboxylic acids is 1. The molecule has 0 fully saturated rings. The van der Waals surface area contributed by atoms with E-state index in [1.807, 2.05) is 13.8 Å². The van der Waals surface area contributed by atoms with E-state index in [0.717, 1.165) is 22.6 Å². The third kappa shape index (κ3) is 3.87. The van der Waals surface area contributed by atoms with E-state index in [1.165, 1.54) is 23.5 Å². The van der Waals surface area contributed by atoms with Gasteiger partial charge in [-0.3, -0.25) is 14.9 Å². The zero-order chi connectivity index (χ0) is 21.3. The maximum Gasteiger partial charge on any atom is 0.341 e. The van der Waals surface area contributed by atoms with Gasteiger partial charge in [0.1, 0.15) is 16.2 Å². The quantitative estimate of drug-likeness (QED) is 0.293. The van der Waals surface area contributed by atoms with Gasteiger partial charge in [-0.25, -0.2) is 9.78 Å². The highest BCUT2D eigenvalue weighted by atomic mass is 32.1. The molecule has 0 unspecified atom stereocenters. The number of ether oxygens (including phenoxy) is 1. The molecule has 2 aromatic heterocycles. The van der Waals surface area contributed by atoms with E-state index in [0.29, 0.717) is 10.2 Å². The first-order chi connectivity index (χ1) is 13.7. The van der Waals surface area contributed by atoms with Crippen LogP contribution in [0.15, 0.2) is 23.0 Å². The van der Waals surface area contributed by atoms with Crippen LogP contribution in [-0.4, -0.2) is 27.5 Å². The lowest BCUT2D eigenvalue weighted by Gasteiger charge is -2.09. The average molecular weight is 414 g/mol. The van der Waals surface area contributed by atoms with Crippen molar-refractivity contribution < 1.29 is 19.6 Å². The minimum absolute atomic E-state index is 0.0175. The van der Waals surface area contributed by atoms with Crippen LogP contribution in [0.2, 0.25) is 0 Å². The van der Waals surface area contributed by atoms with Crippen LogP contribution in [0.3, 0.4) is 0 Å². The molecule has 3 aromatic rings. The number of carbonyl (C=O) groups is 1. The molecule has 0 saturated carbocycles. The maximum atomic E-state index is 12.6. The lowest BCUT2D eigenvalue weighted by Crippen LogP contribution is -2.15. The fourth-order valence-electron chi connectivity index (χ4n) is 2.75. The molecule has 1 aromatic carbocycles. The lowest BCUT2D eigenvalue weighted by atomic mass is 10.1. The standard InChI is InChI=1S/C19H17N3O6S/c1-4-28-19(25)12(7-11-5-6-14(23)13(8-11)22(26)27)16-20-17(24)15-9(2)10(3)29-18(15)21-16/h5-8,23H,4H2,1-3H3,(H,20,21,24)/p-1/b12-7-. The van der Waals surface area contributed by atoms with Gasteiger partial charge in [-0.1, -0.05) is 12.1 Å². The summed E-state index contributed by atoms with van der Waals surface area (Å²) < 4.78 is 5.05. The minimum atomic E-state index is -0.799. The van der Waals surface area contributed by atoms with Crippen LogP contribution in [0, 0.1) is 24.0 Å². The van der Waals surface area contributed by atoms with Crippen molar-refractivity contribution in [3.8, 4) is 5.75 Å². The molecule has 150 valence electrons. The summed E-state index contributed by atoms with van der Waals surface area (Å²) >= 11 is 1.32. The van der Waals surface area contributed by atoms with Gasteiger partial charge in [-0.05, 0) is 43.7 Å². The Morgan fingerprint density at radius 3 is 2.76 bits per heavy atom. The first-order valence-electron chi connectivity index (χ1n) is 8.57. The van der Waals surface area contributed by atoms with Gasteiger partial charge in [0.05, 0.1) is 16.9 Å². The molecule has 0 atom stereocenters. The molecule has 10 heteroatoms. The number of esters is 1. The van der Waals surface area contributed by atoms with Crippen LogP contribution in [-0.2, 0) is 9.53 Å². The molecule has 9 nitrogen and oxygen atoms in total. The number of thiophene rings is 1. The van der Waals surface area contributed by atoms with Crippen molar-refractivity contribution >= 4 is 44.9 Å². The Balaban J connectivity index is 2.21. The van der Waals surface area contributed by atoms with Crippen LogP contribution in [0.1, 0.15) is 28.8 Å². The molecule has 3 rings (SSSR count). The van der Waals surface area contributed by atoms with Crippen molar-refractivity contribution in [3.63, 3.8) is 0 Å². The molecule has 29 heavy (non-hydrogen) atoms. The van der Waals surface area contributed by atoms with E-state index in [9.17, 15) is 24.8 Å². The third-order valence-corrected chi connectivity index (χ3v) is 5.38. The van der Waals surface area contributed by atoms with Gasteiger partial charge in [0.15, 0.2) is 0 Å². The summed E-state index contributed by atoms with van der Waals surface area (Å²) in [5, 5.41) is 23.1. The third-order valence-electron chi connectivity index (χ3n) is 4.28. The fraction of sp³-hybridized carbons (Fsp3) is 0.211. The Kier molecular flexibility index (Phi) is 5.46. The molecule has 0 amide bonds. The summed E-state index contributed by atoms with van der Waals surface area (Å²) in [5.74, 6) is -1.52. The Morgan fingerprint density at radius 1 is 1.38 bits per heavy atom. The number of hydrogen-bond acceptors (Lipinski definition) is 8. The minimum Gasteiger partial charge on any atom is -0.868 e. The predicted octanol–water partition coefficient (Wildman–Crippen LogP) is 2.69. The summed E-state index contributed by atoms with van der Waals surface area (Å²) in [4.78, 5) is 43.7. The highest BCUT2D eigenvalue weighted by Gasteiger charge is 2.20. The van der Waals surface area contributed by atoms with Crippen LogP contribution >= 0.6 is 11.3 Å². The Labute approximate surface area is 168 Å². The summed E-state index contributed by atoms with van der Waals surface area (Å²) in [6.45, 7) is 5.39. The number of aromatic nitrogens is 2. The Bertz CT molecular complexity index is 1220. The van der Waals surface area contributed by atoms with Crippen LogP contribution < -0.4 is 10.7 Å². The molecular weight excluding hydrogens is 398 g/mol. The van der Waals surface area contributed by atoms with Crippen LogP contribution in [0.5, 0.6) is 5.75 Å². The summed E-state index contributed by atoms with van der Waals surface area (Å²) in [5.41, 5.74) is -0.0666. The van der Waals surface area contributed by atoms with E-state index in [-0.39, 0.29) is 23.6 Å². The second kappa shape index (κ2) is 7.84. The zero-order valence-electron chi connectivity index (χ0n) is 15.8. The molecule has 1 N–H and O–H groups in total. The van der Waals surface area contributed by atoms with Crippen molar-refractivity contribution in [2.45, 2.75) is 20.8 Å². The first-order valence-corrected chi connectivity index (χ1v) is 9.39. The molecule has 0 aliphatic heterocycles. The van der Waals surface area contributed by atoms with Crippen molar-refractivity contribution in [2.24, 2.45) is 0 Å². The summed E-state index contributed by atoms with van der Waals surface area (Å²) in [6, 6.07) is 3.43. The van der Waals surface area contributed by atoms with E-state index < -0.39 is 27.9 Å². The van der Waals surface area contributed by atoms with Gasteiger partial charge in [0, 0.05) is 10.9 Å². The van der Waals surface area contributed by atoms with Gasteiger partial charge in [0.25, 0.3) is 11.2 Å². The van der Waals surface area contributed by atoms with Crippen molar-refractivity contribution in [1.82, 2.24) is 9.97 Å². The lowest BCUT2D eigenvalue weighted by molar-refractivity contribution is -0.398. The Hall–Kier alpha value is -3.53. The SMILES string of the molecule is CCOC(=O)/C(=C\c1ccc([O-])c([N+](=O)[O-])c1)c1nc2sc(C)c(C)c2c(=O)[nH]1. The first kappa shape index (κ1) is 20.2. The van der Waals surface area contributed by atoms with Gasteiger partial charge in [-0.2, -0.15) is 0 Å². The van der Waals surface area contributed by atoms with E-state index in [2.05, 4.69) is 9.97 Å². The second-order valence-electron chi connectivity index (χ2n) is 6.14. The molecule has 0 radical (unpaired) electrons. The number of aromatic amines is 1. The van der Waals surface area contributed by atoms with Gasteiger partial charge < -0.3 is 14.8 Å². The fourth-order valence-corrected chi connectivity index (χ4v) is 3.78. The zero-order valence-corrected chi connectivity index (χ0v) is 16.6. The molecule has 0 aliphatic rings. The molecule has 0 saturated heterocycles. The largest absolute Gasteiger partial charge is 0.868 e. The van der Waals surface area contributed by atoms with E-state index >= 15 is 0 Å². The summed E-state index contributed by atoms with van der Waals surface area (Å²) in [6.07, 6.45) is 1.29. The van der Waals surface area contributed by atoms with E-state index in [4.69, 9.17) is 4.74 Å². The van der Waals surface area contributed by atoms with Crippen LogP contribution in [0.25, 0.3) is 21.9 Å². The molecule has 2 heterocycles. The van der Waals surface area contributed by atoms with Gasteiger partial charge in [-0.15, -0.1) is 11.3 Å². The van der Waals surface area contributed by atoms with Gasteiger partial charge in [0.2, 0.25) is 0 Å². The normalized spacial score (nSPS) is 11.6. The molecular formula is C19H16N3O6S-. The predicted molar refractivity (Wildman–Crippen MR) is 107 cm³/mol. The van der Waals surface area contributed by atoms with Crippen molar-refractivity contribution in [3.05, 3.63) is 60.5 Å². The number of nitrogens with one attached hydrogen (secondary N) is 1. The van der Waals surface area contributed by atoms with Gasteiger partial charge >= 0.3 is 5.97 Å². The van der Waals surface area contributed by atoms with Crippen molar-refractivity contribution in [2.75, 3.05) is 6.61 Å². The average Bonchev–Trinajstić information content (AvgIpc) is 2.95. The number of rotatable bonds is 5. The second-order valence-corrected chi connectivity index (χ2v) is 7.34. The van der Waals surface area contributed by atoms with Crippen LogP contribution in [0.4, 0.5) is 5.69 Å². The van der Waals surface area contributed by atoms with E-state index in [1.54, 1.807) is 6.92 Å². The smallest absolute Gasteiger partial charge is 0.341 e. The number of fused-ring (bicyclic) bond motifs is 1. The highest BCUT2D eigenvalue weighted by Crippen LogP contribution is 2.29. The number of hydrogen-bond donors (Lipinski definition) is 1. The maximum absolute atomic E-state index is 12.6.